The van der Waals surface area contributed by atoms with Crippen LogP contribution in [0.3, 0.4) is 0 Å². The van der Waals surface area contributed by atoms with E-state index in [1.807, 2.05) is 13.0 Å². The van der Waals surface area contributed by atoms with Crippen LogP contribution in [0.1, 0.15) is 30.5 Å². The highest BCUT2D eigenvalue weighted by Gasteiger charge is 2.15. The van der Waals surface area contributed by atoms with E-state index < -0.39 is 0 Å². The first-order valence-corrected chi connectivity index (χ1v) is 6.16. The van der Waals surface area contributed by atoms with Gasteiger partial charge in [-0.05, 0) is 35.7 Å². The molecule has 5 heteroatoms. The van der Waals surface area contributed by atoms with Gasteiger partial charge >= 0.3 is 0 Å². The molecule has 0 aliphatic heterocycles. The zero-order valence-corrected chi connectivity index (χ0v) is 10.9. The number of nitrogens with two attached hydrogens (primary N) is 1. The molecule has 18 heavy (non-hydrogen) atoms. The summed E-state index contributed by atoms with van der Waals surface area (Å²) >= 11 is 5.91. The Kier molecular flexibility index (Phi) is 4.23. The van der Waals surface area contributed by atoms with Crippen molar-refractivity contribution in [2.24, 2.45) is 5.73 Å². The van der Waals surface area contributed by atoms with Crippen LogP contribution in [0.4, 0.5) is 0 Å². The third-order valence-corrected chi connectivity index (χ3v) is 2.85. The fourth-order valence-electron chi connectivity index (χ4n) is 1.61. The minimum absolute atomic E-state index is 0.308. The minimum Gasteiger partial charge on any atom is -0.492 e. The van der Waals surface area contributed by atoms with Crippen molar-refractivity contribution in [1.29, 1.82) is 0 Å². The molecule has 2 N–H and O–H groups in total. The molecule has 0 saturated heterocycles. The summed E-state index contributed by atoms with van der Waals surface area (Å²) in [5.74, 6) is 0.712. The van der Waals surface area contributed by atoms with Gasteiger partial charge in [0.15, 0.2) is 5.22 Å². The van der Waals surface area contributed by atoms with Crippen molar-refractivity contribution < 1.29 is 9.15 Å². The van der Waals surface area contributed by atoms with Crippen LogP contribution in [-0.2, 0) is 0 Å². The third-order valence-electron chi connectivity index (χ3n) is 2.55. The maximum absolute atomic E-state index is 6.12. The largest absolute Gasteiger partial charge is 0.492 e. The van der Waals surface area contributed by atoms with E-state index in [2.05, 4.69) is 4.98 Å². The van der Waals surface area contributed by atoms with Crippen molar-refractivity contribution in [3.05, 3.63) is 47.1 Å². The molecular weight excluding hydrogens is 252 g/mol. The van der Waals surface area contributed by atoms with Crippen molar-refractivity contribution >= 4 is 11.6 Å². The zero-order valence-electron chi connectivity index (χ0n) is 10.1. The Labute approximate surface area is 111 Å². The van der Waals surface area contributed by atoms with Gasteiger partial charge < -0.3 is 14.9 Å². The highest BCUT2D eigenvalue weighted by Crippen LogP contribution is 2.28. The predicted molar refractivity (Wildman–Crippen MR) is 69.8 cm³/mol. The van der Waals surface area contributed by atoms with Crippen molar-refractivity contribution in [2.45, 2.75) is 19.4 Å². The molecule has 2 heterocycles. The van der Waals surface area contributed by atoms with Crippen molar-refractivity contribution in [3.63, 3.8) is 0 Å². The smallest absolute Gasteiger partial charge is 0.198 e. The van der Waals surface area contributed by atoms with Gasteiger partial charge in [-0.1, -0.05) is 6.92 Å². The quantitative estimate of drug-likeness (QED) is 0.903. The van der Waals surface area contributed by atoms with Crippen molar-refractivity contribution in [3.8, 4) is 5.75 Å². The lowest BCUT2D eigenvalue weighted by molar-refractivity contribution is 0.315. The van der Waals surface area contributed by atoms with Gasteiger partial charge in [-0.3, -0.25) is 4.98 Å². The standard InChI is InChI=1S/C13H15ClN2O2/c1-2-4-17-10-6-9(7-16-8-10)12(15)11-3-5-18-13(11)14/h3,5-8,12H,2,4,15H2,1H3. The molecule has 0 aliphatic rings. The molecule has 2 rings (SSSR count). The molecule has 0 fully saturated rings. The Hall–Kier alpha value is -1.52. The minimum atomic E-state index is -0.367. The molecule has 0 radical (unpaired) electrons. The van der Waals surface area contributed by atoms with Crippen LogP contribution in [0.15, 0.2) is 35.2 Å². The third kappa shape index (κ3) is 2.83. The van der Waals surface area contributed by atoms with E-state index in [4.69, 9.17) is 26.5 Å². The summed E-state index contributed by atoms with van der Waals surface area (Å²) in [4.78, 5) is 4.12. The normalized spacial score (nSPS) is 12.4. The number of aromatic nitrogens is 1. The van der Waals surface area contributed by atoms with E-state index in [-0.39, 0.29) is 6.04 Å². The SMILES string of the molecule is CCCOc1cncc(C(N)c2ccoc2Cl)c1. The predicted octanol–water partition coefficient (Wildman–Crippen LogP) is 3.16. The average Bonchev–Trinajstić information content (AvgIpc) is 2.82. The lowest BCUT2D eigenvalue weighted by Crippen LogP contribution is -2.12. The second-order valence-electron chi connectivity index (χ2n) is 3.93. The van der Waals surface area contributed by atoms with Crippen LogP contribution in [0, 0.1) is 0 Å². The Bertz CT molecular complexity index is 513. The zero-order chi connectivity index (χ0) is 13.0. The number of pyridine rings is 1. The molecule has 2 aromatic rings. The summed E-state index contributed by atoms with van der Waals surface area (Å²) in [7, 11) is 0. The van der Waals surface area contributed by atoms with Crippen LogP contribution in [0.25, 0.3) is 0 Å². The van der Waals surface area contributed by atoms with Gasteiger partial charge in [0.05, 0.1) is 25.1 Å². The molecule has 1 unspecified atom stereocenters. The number of hydrogen-bond donors (Lipinski definition) is 1. The summed E-state index contributed by atoms with van der Waals surface area (Å²) in [5, 5.41) is 0.308. The number of rotatable bonds is 5. The maximum atomic E-state index is 6.12. The summed E-state index contributed by atoms with van der Waals surface area (Å²) in [5.41, 5.74) is 7.70. The van der Waals surface area contributed by atoms with Gasteiger partial charge in [-0.15, -0.1) is 0 Å². The Morgan fingerprint density at radius 1 is 1.50 bits per heavy atom. The van der Waals surface area contributed by atoms with Gasteiger partial charge in [0, 0.05) is 11.8 Å². The number of ether oxygens (including phenoxy) is 1. The van der Waals surface area contributed by atoms with E-state index in [1.165, 1.54) is 6.26 Å². The Morgan fingerprint density at radius 2 is 2.33 bits per heavy atom. The first kappa shape index (κ1) is 12.9. The summed E-state index contributed by atoms with van der Waals surface area (Å²) in [6.07, 6.45) is 5.84. The average molecular weight is 267 g/mol. The second-order valence-corrected chi connectivity index (χ2v) is 4.27. The van der Waals surface area contributed by atoms with Crippen LogP contribution in [0.2, 0.25) is 5.22 Å². The molecule has 0 aromatic carbocycles. The van der Waals surface area contributed by atoms with E-state index in [9.17, 15) is 0 Å². The lowest BCUT2D eigenvalue weighted by atomic mass is 10.0. The monoisotopic (exact) mass is 266 g/mol. The second kappa shape index (κ2) is 5.89. The molecular formula is C13H15ClN2O2. The summed E-state index contributed by atoms with van der Waals surface area (Å²) in [6, 6.07) is 3.26. The number of nitrogens with zero attached hydrogens (tertiary/aromatic N) is 1. The highest BCUT2D eigenvalue weighted by molar-refractivity contribution is 6.29. The molecule has 0 amide bonds. The van der Waals surface area contributed by atoms with E-state index in [1.54, 1.807) is 18.5 Å². The lowest BCUT2D eigenvalue weighted by Gasteiger charge is -2.12. The molecule has 1 atom stereocenters. The van der Waals surface area contributed by atoms with Crippen LogP contribution in [-0.4, -0.2) is 11.6 Å². The number of halogens is 1. The number of hydrogen-bond acceptors (Lipinski definition) is 4. The molecule has 0 aliphatic carbocycles. The van der Waals surface area contributed by atoms with E-state index in [0.29, 0.717) is 17.6 Å². The van der Waals surface area contributed by atoms with Gasteiger partial charge in [0.1, 0.15) is 5.75 Å². The molecule has 0 saturated carbocycles. The van der Waals surface area contributed by atoms with Gasteiger partial charge in [-0.25, -0.2) is 0 Å². The fourth-order valence-corrected chi connectivity index (χ4v) is 1.84. The number of furan rings is 1. The Morgan fingerprint density at radius 3 is 3.00 bits per heavy atom. The first-order valence-electron chi connectivity index (χ1n) is 5.78. The van der Waals surface area contributed by atoms with Crippen molar-refractivity contribution in [2.75, 3.05) is 6.61 Å². The highest BCUT2D eigenvalue weighted by atomic mass is 35.5. The molecule has 96 valence electrons. The first-order chi connectivity index (χ1) is 8.72. The van der Waals surface area contributed by atoms with Gasteiger partial charge in [0.2, 0.25) is 0 Å². The fraction of sp³-hybridized carbons (Fsp3) is 0.308. The van der Waals surface area contributed by atoms with Crippen LogP contribution in [0.5, 0.6) is 5.75 Å². The topological polar surface area (TPSA) is 61.3 Å². The molecule has 0 spiro atoms. The Balaban J connectivity index is 2.20. The van der Waals surface area contributed by atoms with E-state index >= 15 is 0 Å². The van der Waals surface area contributed by atoms with Gasteiger partial charge in [0.25, 0.3) is 0 Å². The molecule has 2 aromatic heterocycles. The maximum Gasteiger partial charge on any atom is 0.198 e. The van der Waals surface area contributed by atoms with Gasteiger partial charge in [-0.2, -0.15) is 0 Å². The van der Waals surface area contributed by atoms with E-state index in [0.717, 1.165) is 17.5 Å². The summed E-state index contributed by atoms with van der Waals surface area (Å²) < 4.78 is 10.6. The van der Waals surface area contributed by atoms with Crippen LogP contribution >= 0.6 is 11.6 Å². The molecule has 0 bridgehead atoms. The summed E-state index contributed by atoms with van der Waals surface area (Å²) in [6.45, 7) is 2.71. The van der Waals surface area contributed by atoms with Crippen LogP contribution < -0.4 is 10.5 Å². The van der Waals surface area contributed by atoms with Crippen molar-refractivity contribution in [1.82, 2.24) is 4.98 Å². The molecule has 4 nitrogen and oxygen atoms in total.